The molecule has 1 amide bonds. The minimum absolute atomic E-state index is 0.165. The number of ether oxygens (including phenoxy) is 2. The third-order valence-corrected chi connectivity index (χ3v) is 5.13. The molecule has 180 valence electrons. The first-order chi connectivity index (χ1) is 15.8. The van der Waals surface area contributed by atoms with Gasteiger partial charge in [0.05, 0.1) is 24.6 Å². The van der Waals surface area contributed by atoms with Crippen molar-refractivity contribution < 1.29 is 39.1 Å². The van der Waals surface area contributed by atoms with Crippen LogP contribution in [0.3, 0.4) is 0 Å². The van der Waals surface area contributed by atoms with E-state index in [0.29, 0.717) is 23.6 Å². The molecule has 7 N–H and O–H groups in total. The molecule has 5 atom stereocenters. The van der Waals surface area contributed by atoms with Crippen LogP contribution in [0.1, 0.15) is 12.5 Å². The number of nitrogens with one attached hydrogen (secondary N) is 3. The third kappa shape index (κ3) is 6.30. The number of benzene rings is 2. The number of aliphatic hydroxyl groups excluding tert-OH is 4. The van der Waals surface area contributed by atoms with E-state index in [1.54, 1.807) is 37.3 Å². The molecule has 0 spiro atoms. The number of hydrogen-bond acceptors (Lipinski definition) is 9. The lowest BCUT2D eigenvalue weighted by Gasteiger charge is -2.40. The second-order valence-corrected chi connectivity index (χ2v) is 7.48. The Labute approximate surface area is 190 Å². The van der Waals surface area contributed by atoms with E-state index >= 15 is 0 Å². The molecule has 0 saturated carbocycles. The topological polar surface area (TPSA) is 153 Å². The molecule has 33 heavy (non-hydrogen) atoms. The summed E-state index contributed by atoms with van der Waals surface area (Å²) in [6, 6.07) is 10.9. The van der Waals surface area contributed by atoms with Crippen LogP contribution in [0.15, 0.2) is 42.5 Å². The van der Waals surface area contributed by atoms with Crippen molar-refractivity contribution in [3.63, 3.8) is 0 Å². The van der Waals surface area contributed by atoms with Crippen LogP contribution < -0.4 is 16.0 Å². The van der Waals surface area contributed by atoms with Crippen LogP contribution in [-0.4, -0.2) is 70.4 Å². The number of amides is 1. The van der Waals surface area contributed by atoms with Crippen molar-refractivity contribution >= 4 is 23.2 Å². The molecule has 10 nitrogen and oxygen atoms in total. The normalized spacial score (nSPS) is 24.7. The fourth-order valence-corrected chi connectivity index (χ4v) is 3.34. The molecular formula is C22H28FN3O7. The highest BCUT2D eigenvalue weighted by Crippen LogP contribution is 2.30. The smallest absolute Gasteiger partial charge is 0.411 e. The Balaban J connectivity index is 1.81. The van der Waals surface area contributed by atoms with Gasteiger partial charge in [0, 0.05) is 12.2 Å². The van der Waals surface area contributed by atoms with Crippen LogP contribution in [0.25, 0.3) is 0 Å². The average Bonchev–Trinajstić information content (AvgIpc) is 2.80. The molecule has 11 heteroatoms. The van der Waals surface area contributed by atoms with Crippen molar-refractivity contribution in [2.24, 2.45) is 0 Å². The SMILES string of the molecule is CCOC(=O)Nc1ccc(NCc2ccc(F)cc2)cc1N[C@@H]1O[C@H](CO)[C@@H](O)[C@H](O)[C@H]1O. The lowest BCUT2D eigenvalue weighted by Crippen LogP contribution is -2.60. The zero-order valence-corrected chi connectivity index (χ0v) is 17.9. The summed E-state index contributed by atoms with van der Waals surface area (Å²) in [5, 5.41) is 48.4. The van der Waals surface area contributed by atoms with E-state index in [9.17, 15) is 29.6 Å². The van der Waals surface area contributed by atoms with E-state index in [0.717, 1.165) is 5.56 Å². The highest BCUT2D eigenvalue weighted by atomic mass is 19.1. The van der Waals surface area contributed by atoms with Gasteiger partial charge in [-0.05, 0) is 42.8 Å². The van der Waals surface area contributed by atoms with Crippen molar-refractivity contribution in [3.05, 3.63) is 53.8 Å². The minimum Gasteiger partial charge on any atom is -0.450 e. The van der Waals surface area contributed by atoms with Gasteiger partial charge in [-0.2, -0.15) is 0 Å². The first-order valence-electron chi connectivity index (χ1n) is 10.5. The zero-order valence-electron chi connectivity index (χ0n) is 17.9. The standard InChI is InChI=1S/C22H28FN3O7/c1-2-32-22(31)26-15-8-7-14(24-10-12-3-5-13(23)6-4-12)9-16(15)25-21-20(30)19(29)18(28)17(11-27)33-21/h3-9,17-21,24-25,27-30H,2,10-11H2,1H3,(H,26,31)/t17-,18-,19+,20-,21-/m1/s1. The highest BCUT2D eigenvalue weighted by Gasteiger charge is 2.43. The van der Waals surface area contributed by atoms with Gasteiger partial charge in [-0.3, -0.25) is 5.32 Å². The van der Waals surface area contributed by atoms with Crippen LogP contribution in [0.4, 0.5) is 26.2 Å². The number of carbonyl (C=O) groups excluding carboxylic acids is 1. The molecule has 1 saturated heterocycles. The van der Waals surface area contributed by atoms with Gasteiger partial charge in [-0.25, -0.2) is 9.18 Å². The number of halogens is 1. The quantitative estimate of drug-likeness (QED) is 0.305. The van der Waals surface area contributed by atoms with Crippen molar-refractivity contribution in [2.75, 3.05) is 29.2 Å². The Bertz CT molecular complexity index is 929. The molecule has 2 aromatic carbocycles. The van der Waals surface area contributed by atoms with E-state index in [2.05, 4.69) is 16.0 Å². The predicted octanol–water partition coefficient (Wildman–Crippen LogP) is 1.22. The largest absolute Gasteiger partial charge is 0.450 e. The average molecular weight is 465 g/mol. The number of anilines is 3. The van der Waals surface area contributed by atoms with Crippen molar-refractivity contribution in [2.45, 2.75) is 44.1 Å². The monoisotopic (exact) mass is 465 g/mol. The van der Waals surface area contributed by atoms with Crippen molar-refractivity contribution in [1.29, 1.82) is 0 Å². The summed E-state index contributed by atoms with van der Waals surface area (Å²) in [7, 11) is 0. The maximum Gasteiger partial charge on any atom is 0.411 e. The van der Waals surface area contributed by atoms with Gasteiger partial charge in [-0.15, -0.1) is 0 Å². The van der Waals surface area contributed by atoms with E-state index in [1.165, 1.54) is 12.1 Å². The van der Waals surface area contributed by atoms with Crippen LogP contribution in [0, 0.1) is 5.82 Å². The molecule has 1 heterocycles. The maximum atomic E-state index is 13.1. The minimum atomic E-state index is -1.56. The second-order valence-electron chi connectivity index (χ2n) is 7.48. The molecule has 1 aliphatic rings. The maximum absolute atomic E-state index is 13.1. The Morgan fingerprint density at radius 2 is 1.79 bits per heavy atom. The first kappa shape index (κ1) is 24.7. The fourth-order valence-electron chi connectivity index (χ4n) is 3.34. The summed E-state index contributed by atoms with van der Waals surface area (Å²) >= 11 is 0. The van der Waals surface area contributed by atoms with Gasteiger partial charge >= 0.3 is 6.09 Å². The van der Waals surface area contributed by atoms with Gasteiger partial charge < -0.3 is 40.5 Å². The first-order valence-corrected chi connectivity index (χ1v) is 10.5. The molecule has 1 fully saturated rings. The van der Waals surface area contributed by atoms with Crippen LogP contribution >= 0.6 is 0 Å². The molecule has 3 rings (SSSR count). The molecule has 0 aromatic heterocycles. The summed E-state index contributed by atoms with van der Waals surface area (Å²) in [5.74, 6) is -0.334. The summed E-state index contributed by atoms with van der Waals surface area (Å²) in [6.07, 6.45) is -7.56. The Kier molecular flexibility index (Phi) is 8.42. The summed E-state index contributed by atoms with van der Waals surface area (Å²) < 4.78 is 23.5. The lowest BCUT2D eigenvalue weighted by molar-refractivity contribution is -0.221. The third-order valence-electron chi connectivity index (χ3n) is 5.13. The Morgan fingerprint density at radius 1 is 1.06 bits per heavy atom. The molecule has 0 bridgehead atoms. The van der Waals surface area contributed by atoms with Crippen LogP contribution in [0.5, 0.6) is 0 Å². The second kappa shape index (κ2) is 11.3. The van der Waals surface area contributed by atoms with E-state index in [1.807, 2.05) is 0 Å². The molecule has 0 radical (unpaired) electrons. The predicted molar refractivity (Wildman–Crippen MR) is 118 cm³/mol. The van der Waals surface area contributed by atoms with Crippen LogP contribution in [-0.2, 0) is 16.0 Å². The van der Waals surface area contributed by atoms with Crippen molar-refractivity contribution in [3.8, 4) is 0 Å². The highest BCUT2D eigenvalue weighted by molar-refractivity contribution is 5.90. The molecule has 1 aliphatic heterocycles. The number of carbonyl (C=O) groups is 1. The van der Waals surface area contributed by atoms with E-state index < -0.39 is 43.3 Å². The number of hydrogen-bond donors (Lipinski definition) is 7. The summed E-state index contributed by atoms with van der Waals surface area (Å²) in [5.41, 5.74) is 2.09. The van der Waals surface area contributed by atoms with Gasteiger partial charge in [0.15, 0.2) is 6.23 Å². The van der Waals surface area contributed by atoms with E-state index in [4.69, 9.17) is 9.47 Å². The Morgan fingerprint density at radius 3 is 2.45 bits per heavy atom. The molecule has 2 aromatic rings. The summed E-state index contributed by atoms with van der Waals surface area (Å²) in [4.78, 5) is 11.9. The Hall–Kier alpha value is -2.96. The molecule has 0 unspecified atom stereocenters. The summed E-state index contributed by atoms with van der Waals surface area (Å²) in [6.45, 7) is 1.65. The van der Waals surface area contributed by atoms with E-state index in [-0.39, 0.29) is 12.4 Å². The molecule has 0 aliphatic carbocycles. The van der Waals surface area contributed by atoms with Crippen molar-refractivity contribution in [1.82, 2.24) is 0 Å². The van der Waals surface area contributed by atoms with Gasteiger partial charge in [0.2, 0.25) is 0 Å². The molecular weight excluding hydrogens is 437 g/mol. The zero-order chi connectivity index (χ0) is 24.0. The lowest BCUT2D eigenvalue weighted by atomic mass is 9.98. The number of rotatable bonds is 8. The van der Waals surface area contributed by atoms with Gasteiger partial charge in [0.1, 0.15) is 30.2 Å². The fraction of sp³-hybridized carbons (Fsp3) is 0.409. The number of aliphatic hydroxyl groups is 4. The van der Waals surface area contributed by atoms with Gasteiger partial charge in [0.25, 0.3) is 0 Å². The van der Waals surface area contributed by atoms with Crippen LogP contribution in [0.2, 0.25) is 0 Å². The van der Waals surface area contributed by atoms with Gasteiger partial charge in [-0.1, -0.05) is 12.1 Å².